The highest BCUT2D eigenvalue weighted by Crippen LogP contribution is 2.29. The SMILES string of the molecule is COc1ccccc1Nc1ncccc1C(=O)N1CCC(C(=O)N2CCCCC2)CC1. The predicted octanol–water partition coefficient (Wildman–Crippen LogP) is 3.70. The van der Waals surface area contributed by atoms with Gasteiger partial charge in [-0.25, -0.2) is 4.98 Å². The number of hydrogen-bond acceptors (Lipinski definition) is 5. The molecule has 31 heavy (non-hydrogen) atoms. The summed E-state index contributed by atoms with van der Waals surface area (Å²) in [6.07, 6.45) is 6.52. The van der Waals surface area contributed by atoms with Crippen molar-refractivity contribution in [3.63, 3.8) is 0 Å². The van der Waals surface area contributed by atoms with Gasteiger partial charge in [-0.2, -0.15) is 0 Å². The van der Waals surface area contributed by atoms with E-state index in [1.165, 1.54) is 6.42 Å². The molecule has 0 atom stereocenters. The molecule has 0 aliphatic carbocycles. The maximum Gasteiger partial charge on any atom is 0.257 e. The van der Waals surface area contributed by atoms with Crippen LogP contribution in [0.5, 0.6) is 5.75 Å². The number of hydrogen-bond donors (Lipinski definition) is 1. The van der Waals surface area contributed by atoms with E-state index >= 15 is 0 Å². The number of ether oxygens (including phenoxy) is 1. The van der Waals surface area contributed by atoms with E-state index < -0.39 is 0 Å². The molecule has 1 N–H and O–H groups in total. The Morgan fingerprint density at radius 3 is 2.45 bits per heavy atom. The standard InChI is InChI=1S/C24H30N4O3/c1-31-21-10-4-3-9-20(21)26-22-19(8-7-13-25-22)24(30)28-16-11-18(12-17-28)23(29)27-14-5-2-6-15-27/h3-4,7-10,13,18H,2,5-6,11-12,14-17H2,1H3,(H,25,26). The summed E-state index contributed by atoms with van der Waals surface area (Å²) in [5.41, 5.74) is 1.28. The molecule has 2 amide bonds. The van der Waals surface area contributed by atoms with Gasteiger partial charge in [0, 0.05) is 38.3 Å². The van der Waals surface area contributed by atoms with Gasteiger partial charge in [0.1, 0.15) is 11.6 Å². The van der Waals surface area contributed by atoms with Gasteiger partial charge in [0.2, 0.25) is 5.91 Å². The van der Waals surface area contributed by atoms with Gasteiger partial charge >= 0.3 is 0 Å². The van der Waals surface area contributed by atoms with Crippen LogP contribution in [0, 0.1) is 5.92 Å². The van der Waals surface area contributed by atoms with Crippen LogP contribution in [0.3, 0.4) is 0 Å². The lowest BCUT2D eigenvalue weighted by atomic mass is 9.94. The summed E-state index contributed by atoms with van der Waals surface area (Å²) in [6.45, 7) is 2.94. The summed E-state index contributed by atoms with van der Waals surface area (Å²) in [5, 5.41) is 3.24. The summed E-state index contributed by atoms with van der Waals surface area (Å²) >= 11 is 0. The molecule has 4 rings (SSSR count). The molecular weight excluding hydrogens is 392 g/mol. The monoisotopic (exact) mass is 422 g/mol. The number of aromatic nitrogens is 1. The van der Waals surface area contributed by atoms with Gasteiger partial charge < -0.3 is 19.9 Å². The van der Waals surface area contributed by atoms with Crippen molar-refractivity contribution in [2.75, 3.05) is 38.6 Å². The predicted molar refractivity (Wildman–Crippen MR) is 120 cm³/mol. The van der Waals surface area contributed by atoms with Gasteiger partial charge in [-0.1, -0.05) is 12.1 Å². The molecule has 1 aromatic heterocycles. The second-order valence-corrected chi connectivity index (χ2v) is 8.18. The number of nitrogens with one attached hydrogen (secondary N) is 1. The summed E-state index contributed by atoms with van der Waals surface area (Å²) < 4.78 is 5.40. The number of piperidine rings is 2. The average Bonchev–Trinajstić information content (AvgIpc) is 2.84. The summed E-state index contributed by atoms with van der Waals surface area (Å²) in [7, 11) is 1.61. The molecule has 2 aromatic rings. The normalized spacial score (nSPS) is 17.3. The first-order valence-corrected chi connectivity index (χ1v) is 11.1. The van der Waals surface area contributed by atoms with Crippen LogP contribution in [0.1, 0.15) is 42.5 Å². The van der Waals surface area contributed by atoms with Crippen molar-refractivity contribution < 1.29 is 14.3 Å². The lowest BCUT2D eigenvalue weighted by molar-refractivity contribution is -0.137. The first kappa shape index (κ1) is 21.2. The highest BCUT2D eigenvalue weighted by molar-refractivity contribution is 5.99. The Kier molecular flexibility index (Phi) is 6.70. The zero-order valence-corrected chi connectivity index (χ0v) is 18.0. The Morgan fingerprint density at radius 1 is 0.968 bits per heavy atom. The van der Waals surface area contributed by atoms with Crippen LogP contribution in [0.15, 0.2) is 42.6 Å². The molecule has 3 heterocycles. The fourth-order valence-electron chi connectivity index (χ4n) is 4.43. The third-order valence-electron chi connectivity index (χ3n) is 6.20. The Hall–Kier alpha value is -3.09. The average molecular weight is 423 g/mol. The van der Waals surface area contributed by atoms with Crippen molar-refractivity contribution in [1.82, 2.24) is 14.8 Å². The van der Waals surface area contributed by atoms with Crippen molar-refractivity contribution in [2.45, 2.75) is 32.1 Å². The molecule has 7 nitrogen and oxygen atoms in total. The van der Waals surface area contributed by atoms with Crippen LogP contribution in [-0.4, -0.2) is 59.9 Å². The van der Waals surface area contributed by atoms with Gasteiger partial charge in [0.15, 0.2) is 0 Å². The van der Waals surface area contributed by atoms with E-state index in [1.807, 2.05) is 34.1 Å². The van der Waals surface area contributed by atoms with E-state index in [0.29, 0.717) is 30.2 Å². The summed E-state index contributed by atoms with van der Waals surface area (Å²) in [5.74, 6) is 1.43. The molecule has 0 bridgehead atoms. The molecule has 0 spiro atoms. The van der Waals surface area contributed by atoms with E-state index in [4.69, 9.17) is 4.74 Å². The molecule has 2 fully saturated rings. The minimum absolute atomic E-state index is 0.0298. The second kappa shape index (κ2) is 9.81. The number of benzene rings is 1. The number of nitrogens with zero attached hydrogens (tertiary/aromatic N) is 3. The summed E-state index contributed by atoms with van der Waals surface area (Å²) in [4.78, 5) is 34.3. The van der Waals surface area contributed by atoms with Gasteiger partial charge in [-0.3, -0.25) is 9.59 Å². The maximum atomic E-state index is 13.3. The highest BCUT2D eigenvalue weighted by Gasteiger charge is 2.31. The lowest BCUT2D eigenvalue weighted by Crippen LogP contribution is -2.45. The number of likely N-dealkylation sites (tertiary alicyclic amines) is 2. The number of carbonyl (C=O) groups excluding carboxylic acids is 2. The van der Waals surface area contributed by atoms with Crippen molar-refractivity contribution in [3.05, 3.63) is 48.2 Å². The van der Waals surface area contributed by atoms with Gasteiger partial charge in [0.05, 0.1) is 18.4 Å². The number of para-hydroxylation sites is 2. The van der Waals surface area contributed by atoms with Crippen LogP contribution in [0.2, 0.25) is 0 Å². The number of amides is 2. The topological polar surface area (TPSA) is 74.8 Å². The minimum atomic E-state index is -0.0608. The Labute approximate surface area is 183 Å². The van der Waals surface area contributed by atoms with Crippen LogP contribution in [-0.2, 0) is 4.79 Å². The first-order valence-electron chi connectivity index (χ1n) is 11.1. The van der Waals surface area contributed by atoms with Gasteiger partial charge in [-0.15, -0.1) is 0 Å². The van der Waals surface area contributed by atoms with E-state index in [1.54, 1.807) is 25.4 Å². The number of pyridine rings is 1. The quantitative estimate of drug-likeness (QED) is 0.795. The van der Waals surface area contributed by atoms with Gasteiger partial charge in [-0.05, 0) is 56.4 Å². The number of carbonyl (C=O) groups is 2. The molecule has 0 saturated carbocycles. The van der Waals surface area contributed by atoms with Crippen LogP contribution in [0.4, 0.5) is 11.5 Å². The fraction of sp³-hybridized carbons (Fsp3) is 0.458. The van der Waals surface area contributed by atoms with Crippen molar-refractivity contribution in [3.8, 4) is 5.75 Å². The van der Waals surface area contributed by atoms with Crippen LogP contribution >= 0.6 is 0 Å². The molecule has 2 saturated heterocycles. The zero-order chi connectivity index (χ0) is 21.6. The molecule has 0 unspecified atom stereocenters. The van der Waals surface area contributed by atoms with E-state index in [2.05, 4.69) is 10.3 Å². The largest absolute Gasteiger partial charge is 0.495 e. The molecule has 1 aromatic carbocycles. The van der Waals surface area contributed by atoms with E-state index in [-0.39, 0.29) is 17.7 Å². The molecule has 7 heteroatoms. The van der Waals surface area contributed by atoms with Crippen LogP contribution in [0.25, 0.3) is 0 Å². The maximum absolute atomic E-state index is 13.3. The van der Waals surface area contributed by atoms with Crippen LogP contribution < -0.4 is 10.1 Å². The third kappa shape index (κ3) is 4.81. The molecule has 2 aliphatic rings. The molecule has 0 radical (unpaired) electrons. The van der Waals surface area contributed by atoms with Crippen molar-refractivity contribution in [1.29, 1.82) is 0 Å². The second-order valence-electron chi connectivity index (χ2n) is 8.18. The highest BCUT2D eigenvalue weighted by atomic mass is 16.5. The van der Waals surface area contributed by atoms with Crippen molar-refractivity contribution >= 4 is 23.3 Å². The summed E-state index contributed by atoms with van der Waals surface area (Å²) in [6, 6.07) is 11.1. The fourth-order valence-corrected chi connectivity index (χ4v) is 4.43. The Morgan fingerprint density at radius 2 is 1.71 bits per heavy atom. The number of anilines is 2. The zero-order valence-electron chi connectivity index (χ0n) is 18.0. The lowest BCUT2D eigenvalue weighted by Gasteiger charge is -2.35. The molecular formula is C24H30N4O3. The van der Waals surface area contributed by atoms with Gasteiger partial charge in [0.25, 0.3) is 5.91 Å². The number of methoxy groups -OCH3 is 1. The number of rotatable bonds is 5. The van der Waals surface area contributed by atoms with E-state index in [9.17, 15) is 9.59 Å². The molecule has 164 valence electrons. The Balaban J connectivity index is 1.42. The van der Waals surface area contributed by atoms with Crippen molar-refractivity contribution in [2.24, 2.45) is 5.92 Å². The third-order valence-corrected chi connectivity index (χ3v) is 6.20. The smallest absolute Gasteiger partial charge is 0.257 e. The Bertz CT molecular complexity index is 919. The minimum Gasteiger partial charge on any atom is -0.495 e. The molecule has 2 aliphatic heterocycles. The first-order chi connectivity index (χ1) is 15.2. The van der Waals surface area contributed by atoms with E-state index in [0.717, 1.165) is 44.5 Å².